The van der Waals surface area contributed by atoms with E-state index >= 15 is 0 Å². The van der Waals surface area contributed by atoms with Crippen molar-refractivity contribution in [2.45, 2.75) is 0 Å². The highest BCUT2D eigenvalue weighted by Gasteiger charge is 2.23. The maximum absolute atomic E-state index is 12.9. The fourth-order valence-corrected chi connectivity index (χ4v) is 1.03. The zero-order valence-electron chi connectivity index (χ0n) is 6.46. The Morgan fingerprint density at radius 1 is 1.43 bits per heavy atom. The van der Waals surface area contributed by atoms with Crippen LogP contribution in [0.25, 0.3) is 0 Å². The van der Waals surface area contributed by atoms with Gasteiger partial charge >= 0.3 is 5.69 Å². The Labute approximate surface area is 81.2 Å². The van der Waals surface area contributed by atoms with Crippen LogP contribution in [0.4, 0.5) is 14.5 Å². The van der Waals surface area contributed by atoms with Gasteiger partial charge < -0.3 is 0 Å². The number of carbonyl (C=O) groups is 1. The summed E-state index contributed by atoms with van der Waals surface area (Å²) in [5.74, 6) is -2.79. The molecule has 4 nitrogen and oxygen atoms in total. The number of carbonyl (C=O) groups excluding carboxylic acids is 1. The van der Waals surface area contributed by atoms with Crippen molar-refractivity contribution in [2.24, 2.45) is 0 Å². The molecular weight excluding hydrogens is 220 g/mol. The van der Waals surface area contributed by atoms with Crippen LogP contribution >= 0.6 is 11.6 Å². The van der Waals surface area contributed by atoms with E-state index < -0.39 is 32.8 Å². The number of nitro groups is 1. The minimum Gasteiger partial charge on any atom is -0.298 e. The lowest BCUT2D eigenvalue weighted by molar-refractivity contribution is -0.387. The number of nitro benzene ring substituents is 1. The molecule has 0 unspecified atom stereocenters. The standard InChI is InChI=1S/C7H2ClF2NO3/c8-5-6(9)3(2-12)1-4(7(5)10)11(13)14/h1-2H. The molecule has 0 aliphatic heterocycles. The van der Waals surface area contributed by atoms with Crippen molar-refractivity contribution in [3.63, 3.8) is 0 Å². The van der Waals surface area contributed by atoms with E-state index in [9.17, 15) is 23.7 Å². The highest BCUT2D eigenvalue weighted by atomic mass is 35.5. The summed E-state index contributed by atoms with van der Waals surface area (Å²) in [6, 6.07) is 0.490. The number of nitrogens with zero attached hydrogens (tertiary/aromatic N) is 1. The van der Waals surface area contributed by atoms with E-state index in [1.54, 1.807) is 0 Å². The number of benzene rings is 1. The van der Waals surface area contributed by atoms with Gasteiger partial charge in [-0.15, -0.1) is 0 Å². The zero-order valence-corrected chi connectivity index (χ0v) is 7.22. The van der Waals surface area contributed by atoms with Gasteiger partial charge in [0, 0.05) is 6.07 Å². The molecule has 0 bridgehead atoms. The van der Waals surface area contributed by atoms with Gasteiger partial charge in [0.15, 0.2) is 12.1 Å². The van der Waals surface area contributed by atoms with Crippen molar-refractivity contribution in [2.75, 3.05) is 0 Å². The first-order valence-corrected chi connectivity index (χ1v) is 3.64. The van der Waals surface area contributed by atoms with Crippen LogP contribution in [0.15, 0.2) is 6.07 Å². The monoisotopic (exact) mass is 221 g/mol. The van der Waals surface area contributed by atoms with E-state index in [4.69, 9.17) is 11.6 Å². The van der Waals surface area contributed by atoms with E-state index in [0.717, 1.165) is 0 Å². The number of rotatable bonds is 2. The molecule has 14 heavy (non-hydrogen) atoms. The summed E-state index contributed by atoms with van der Waals surface area (Å²) in [6.07, 6.45) is 0.0215. The zero-order chi connectivity index (χ0) is 10.9. The number of hydrogen-bond acceptors (Lipinski definition) is 3. The molecule has 0 heterocycles. The van der Waals surface area contributed by atoms with Crippen LogP contribution in [0.2, 0.25) is 5.02 Å². The Morgan fingerprint density at radius 2 is 2.00 bits per heavy atom. The Balaban J connectivity index is 3.56. The Morgan fingerprint density at radius 3 is 2.43 bits per heavy atom. The fraction of sp³-hybridized carbons (Fsp3) is 0. The van der Waals surface area contributed by atoms with Crippen LogP contribution in [-0.4, -0.2) is 11.2 Å². The van der Waals surface area contributed by atoms with Gasteiger partial charge in [0.2, 0.25) is 5.82 Å². The topological polar surface area (TPSA) is 60.2 Å². The molecule has 0 aromatic heterocycles. The molecule has 0 aliphatic carbocycles. The maximum atomic E-state index is 12.9. The van der Waals surface area contributed by atoms with Crippen LogP contribution in [0, 0.1) is 21.7 Å². The van der Waals surface area contributed by atoms with Crippen molar-refractivity contribution in [1.82, 2.24) is 0 Å². The van der Waals surface area contributed by atoms with Crippen molar-refractivity contribution in [3.8, 4) is 0 Å². The first-order chi connectivity index (χ1) is 6.49. The summed E-state index contributed by atoms with van der Waals surface area (Å²) < 4.78 is 25.8. The molecule has 0 atom stereocenters. The molecule has 1 rings (SSSR count). The average molecular weight is 222 g/mol. The SMILES string of the molecule is O=Cc1cc([N+](=O)[O-])c(F)c(Cl)c1F. The molecule has 0 aliphatic rings. The van der Waals surface area contributed by atoms with Crippen LogP contribution < -0.4 is 0 Å². The number of aldehydes is 1. The summed E-state index contributed by atoms with van der Waals surface area (Å²) in [7, 11) is 0. The maximum Gasteiger partial charge on any atom is 0.307 e. The smallest absolute Gasteiger partial charge is 0.298 e. The van der Waals surface area contributed by atoms with Crippen LogP contribution in [0.1, 0.15) is 10.4 Å². The average Bonchev–Trinajstić information content (AvgIpc) is 2.14. The molecule has 0 amide bonds. The normalized spacial score (nSPS) is 9.93. The van der Waals surface area contributed by atoms with Gasteiger partial charge in [-0.2, -0.15) is 4.39 Å². The molecule has 0 spiro atoms. The molecule has 0 saturated carbocycles. The van der Waals surface area contributed by atoms with Gasteiger partial charge in [-0.3, -0.25) is 14.9 Å². The van der Waals surface area contributed by atoms with Gasteiger partial charge in [0.1, 0.15) is 5.02 Å². The lowest BCUT2D eigenvalue weighted by Gasteiger charge is -2.00. The number of hydrogen-bond donors (Lipinski definition) is 0. The van der Waals surface area contributed by atoms with Gasteiger partial charge in [0.25, 0.3) is 0 Å². The van der Waals surface area contributed by atoms with Gasteiger partial charge in [0.05, 0.1) is 10.5 Å². The van der Waals surface area contributed by atoms with Gasteiger partial charge in [-0.1, -0.05) is 11.6 Å². The first kappa shape index (κ1) is 10.5. The van der Waals surface area contributed by atoms with Crippen molar-refractivity contribution < 1.29 is 18.5 Å². The van der Waals surface area contributed by atoms with E-state index in [1.807, 2.05) is 0 Å². The third kappa shape index (κ3) is 1.56. The molecule has 0 N–H and O–H groups in total. The summed E-state index contributed by atoms with van der Waals surface area (Å²) in [5.41, 5.74) is -1.68. The van der Waals surface area contributed by atoms with E-state index in [0.29, 0.717) is 6.07 Å². The van der Waals surface area contributed by atoms with E-state index in [-0.39, 0.29) is 6.29 Å². The molecule has 7 heteroatoms. The van der Waals surface area contributed by atoms with Crippen molar-refractivity contribution >= 4 is 23.6 Å². The Hall–Kier alpha value is -1.56. The molecule has 74 valence electrons. The molecule has 0 saturated heterocycles. The Kier molecular flexibility index (Phi) is 2.76. The summed E-state index contributed by atoms with van der Waals surface area (Å²) in [5, 5.41) is 9.17. The van der Waals surface area contributed by atoms with Gasteiger partial charge in [-0.05, 0) is 0 Å². The second-order valence-corrected chi connectivity index (χ2v) is 2.68. The lowest BCUT2D eigenvalue weighted by atomic mass is 10.2. The second-order valence-electron chi connectivity index (χ2n) is 2.30. The highest BCUT2D eigenvalue weighted by molar-refractivity contribution is 6.31. The third-order valence-electron chi connectivity index (χ3n) is 1.48. The molecule has 1 aromatic rings. The minimum absolute atomic E-state index is 0.0215. The quantitative estimate of drug-likeness (QED) is 0.333. The number of halogens is 3. The van der Waals surface area contributed by atoms with Crippen LogP contribution in [-0.2, 0) is 0 Å². The lowest BCUT2D eigenvalue weighted by Crippen LogP contribution is -1.99. The molecular formula is C7H2ClF2NO3. The van der Waals surface area contributed by atoms with E-state index in [1.165, 1.54) is 0 Å². The minimum atomic E-state index is -1.49. The second kappa shape index (κ2) is 3.67. The molecule has 0 fully saturated rings. The predicted molar refractivity (Wildman–Crippen MR) is 43.4 cm³/mol. The van der Waals surface area contributed by atoms with Gasteiger partial charge in [-0.25, -0.2) is 4.39 Å². The predicted octanol–water partition coefficient (Wildman–Crippen LogP) is 2.34. The summed E-state index contributed by atoms with van der Waals surface area (Å²) in [6.45, 7) is 0. The van der Waals surface area contributed by atoms with Crippen molar-refractivity contribution in [1.29, 1.82) is 0 Å². The Bertz CT molecular complexity index is 422. The first-order valence-electron chi connectivity index (χ1n) is 3.26. The third-order valence-corrected chi connectivity index (χ3v) is 1.81. The summed E-state index contributed by atoms with van der Waals surface area (Å²) >= 11 is 5.10. The van der Waals surface area contributed by atoms with Crippen molar-refractivity contribution in [3.05, 3.63) is 38.4 Å². The summed E-state index contributed by atoms with van der Waals surface area (Å²) in [4.78, 5) is 19.4. The van der Waals surface area contributed by atoms with Crippen LogP contribution in [0.3, 0.4) is 0 Å². The van der Waals surface area contributed by atoms with Crippen LogP contribution in [0.5, 0.6) is 0 Å². The highest BCUT2D eigenvalue weighted by Crippen LogP contribution is 2.29. The largest absolute Gasteiger partial charge is 0.307 e. The van der Waals surface area contributed by atoms with E-state index in [2.05, 4.69) is 0 Å². The molecule has 1 aromatic carbocycles. The molecule has 0 radical (unpaired) electrons. The fourth-order valence-electron chi connectivity index (χ4n) is 0.828.